The third-order valence-corrected chi connectivity index (χ3v) is 5.39. The standard InChI is InChI=1S/C25H19ClFNO4/c1-2-32-20-12-8-15(9-13-20)22-21(23(29)16-6-10-18(27)11-7-16)24(30)25(31)28(22)19-5-3-4-17(26)14-19/h3-14,22,29H,2H2,1H3/b23-21+. The van der Waals surface area contributed by atoms with Gasteiger partial charge in [-0.15, -0.1) is 0 Å². The lowest BCUT2D eigenvalue weighted by atomic mass is 9.95. The van der Waals surface area contributed by atoms with E-state index in [1.54, 1.807) is 48.5 Å². The number of hydrogen-bond acceptors (Lipinski definition) is 4. The molecule has 0 bridgehead atoms. The molecule has 1 unspecified atom stereocenters. The molecule has 5 nitrogen and oxygen atoms in total. The molecule has 3 aromatic carbocycles. The summed E-state index contributed by atoms with van der Waals surface area (Å²) >= 11 is 6.13. The topological polar surface area (TPSA) is 66.8 Å². The molecule has 1 heterocycles. The zero-order valence-electron chi connectivity index (χ0n) is 17.1. The number of hydrogen-bond donors (Lipinski definition) is 1. The van der Waals surface area contributed by atoms with Crippen LogP contribution in [0.1, 0.15) is 24.1 Å². The lowest BCUT2D eigenvalue weighted by molar-refractivity contribution is -0.132. The van der Waals surface area contributed by atoms with Gasteiger partial charge < -0.3 is 9.84 Å². The van der Waals surface area contributed by atoms with E-state index in [0.717, 1.165) is 0 Å². The highest BCUT2D eigenvalue weighted by atomic mass is 35.5. The van der Waals surface area contributed by atoms with Crippen molar-refractivity contribution in [2.24, 2.45) is 0 Å². The minimum atomic E-state index is -0.908. The number of carbonyl (C=O) groups excluding carboxylic acids is 2. The average molecular weight is 452 g/mol. The highest BCUT2D eigenvalue weighted by Gasteiger charge is 2.47. The molecule has 162 valence electrons. The first kappa shape index (κ1) is 21.6. The minimum absolute atomic E-state index is 0.0919. The van der Waals surface area contributed by atoms with Crippen molar-refractivity contribution in [3.05, 3.63) is 100 Å². The Balaban J connectivity index is 1.91. The normalized spacial score (nSPS) is 17.6. The van der Waals surface area contributed by atoms with Crippen molar-refractivity contribution in [1.82, 2.24) is 0 Å². The Morgan fingerprint density at radius 1 is 1.06 bits per heavy atom. The summed E-state index contributed by atoms with van der Waals surface area (Å²) in [4.78, 5) is 27.4. The molecule has 32 heavy (non-hydrogen) atoms. The van der Waals surface area contributed by atoms with Crippen molar-refractivity contribution in [1.29, 1.82) is 0 Å². The molecule has 1 amide bonds. The van der Waals surface area contributed by atoms with Crippen LogP contribution in [0.2, 0.25) is 5.02 Å². The summed E-state index contributed by atoms with van der Waals surface area (Å²) < 4.78 is 18.9. The van der Waals surface area contributed by atoms with Gasteiger partial charge in [0, 0.05) is 16.3 Å². The summed E-state index contributed by atoms with van der Waals surface area (Å²) in [7, 11) is 0. The maximum atomic E-state index is 13.4. The van der Waals surface area contributed by atoms with E-state index in [0.29, 0.717) is 28.6 Å². The quantitative estimate of drug-likeness (QED) is 0.316. The van der Waals surface area contributed by atoms with Crippen molar-refractivity contribution in [2.45, 2.75) is 13.0 Å². The molecule has 0 saturated carbocycles. The van der Waals surface area contributed by atoms with Crippen molar-refractivity contribution in [2.75, 3.05) is 11.5 Å². The molecule has 0 aliphatic carbocycles. The maximum Gasteiger partial charge on any atom is 0.300 e. The van der Waals surface area contributed by atoms with Crippen LogP contribution in [0.3, 0.4) is 0 Å². The number of rotatable bonds is 5. The molecule has 7 heteroatoms. The van der Waals surface area contributed by atoms with Crippen molar-refractivity contribution in [3.63, 3.8) is 0 Å². The number of carbonyl (C=O) groups is 2. The Bertz CT molecular complexity index is 1210. The molecule has 0 spiro atoms. The molecule has 1 N–H and O–H groups in total. The van der Waals surface area contributed by atoms with Crippen LogP contribution in [-0.2, 0) is 9.59 Å². The van der Waals surface area contributed by atoms with E-state index in [4.69, 9.17) is 16.3 Å². The van der Waals surface area contributed by atoms with E-state index >= 15 is 0 Å². The molecule has 1 aliphatic rings. The fourth-order valence-electron chi connectivity index (χ4n) is 3.72. The third-order valence-electron chi connectivity index (χ3n) is 5.16. The molecular weight excluding hydrogens is 433 g/mol. The molecule has 0 radical (unpaired) electrons. The zero-order valence-corrected chi connectivity index (χ0v) is 17.8. The summed E-state index contributed by atoms with van der Waals surface area (Å²) in [5, 5.41) is 11.4. The van der Waals surface area contributed by atoms with Crippen LogP contribution in [0.15, 0.2) is 78.4 Å². The monoisotopic (exact) mass is 451 g/mol. The average Bonchev–Trinajstić information content (AvgIpc) is 3.05. The van der Waals surface area contributed by atoms with E-state index in [9.17, 15) is 19.1 Å². The first-order chi connectivity index (χ1) is 15.4. The Morgan fingerprint density at radius 3 is 2.38 bits per heavy atom. The fraction of sp³-hybridized carbons (Fsp3) is 0.120. The lowest BCUT2D eigenvalue weighted by Crippen LogP contribution is -2.29. The molecule has 4 rings (SSSR count). The Hall–Kier alpha value is -3.64. The number of halogens is 2. The van der Waals surface area contributed by atoms with Gasteiger partial charge in [-0.2, -0.15) is 0 Å². The van der Waals surface area contributed by atoms with Gasteiger partial charge in [0.05, 0.1) is 18.2 Å². The number of amides is 1. The van der Waals surface area contributed by atoms with Crippen LogP contribution in [0, 0.1) is 5.82 Å². The second kappa shape index (κ2) is 8.85. The van der Waals surface area contributed by atoms with Crippen LogP contribution in [0.25, 0.3) is 5.76 Å². The third kappa shape index (κ3) is 3.97. The second-order valence-corrected chi connectivity index (χ2v) is 7.59. The number of benzene rings is 3. The smallest absolute Gasteiger partial charge is 0.300 e. The van der Waals surface area contributed by atoms with Gasteiger partial charge in [-0.1, -0.05) is 29.8 Å². The van der Waals surface area contributed by atoms with Gasteiger partial charge in [-0.05, 0) is 67.1 Å². The van der Waals surface area contributed by atoms with Crippen molar-refractivity contribution >= 4 is 34.7 Å². The van der Waals surface area contributed by atoms with E-state index in [-0.39, 0.29) is 16.9 Å². The first-order valence-electron chi connectivity index (χ1n) is 9.96. The molecule has 1 aliphatic heterocycles. The van der Waals surface area contributed by atoms with Crippen LogP contribution in [0.5, 0.6) is 5.75 Å². The van der Waals surface area contributed by atoms with Gasteiger partial charge in [-0.3, -0.25) is 14.5 Å². The van der Waals surface area contributed by atoms with Gasteiger partial charge in [0.1, 0.15) is 17.3 Å². The molecule has 1 fully saturated rings. The van der Waals surface area contributed by atoms with Gasteiger partial charge in [-0.25, -0.2) is 4.39 Å². The summed E-state index contributed by atoms with van der Waals surface area (Å²) in [6.07, 6.45) is 0. The number of nitrogens with zero attached hydrogens (tertiary/aromatic N) is 1. The number of Topliss-reactive ketones (excluding diaryl/α,β-unsaturated/α-hetero) is 1. The second-order valence-electron chi connectivity index (χ2n) is 7.16. The van der Waals surface area contributed by atoms with E-state index in [1.807, 2.05) is 6.92 Å². The van der Waals surface area contributed by atoms with Gasteiger partial charge in [0.25, 0.3) is 11.7 Å². The van der Waals surface area contributed by atoms with Crippen molar-refractivity contribution < 1.29 is 23.8 Å². The Morgan fingerprint density at radius 2 is 1.75 bits per heavy atom. The largest absolute Gasteiger partial charge is 0.507 e. The van der Waals surface area contributed by atoms with Crippen LogP contribution in [0.4, 0.5) is 10.1 Å². The summed E-state index contributed by atoms with van der Waals surface area (Å²) in [5.41, 5.74) is 1.14. The number of anilines is 1. The molecule has 0 aromatic heterocycles. The summed E-state index contributed by atoms with van der Waals surface area (Å²) in [5.74, 6) is -1.87. The van der Waals surface area contributed by atoms with Gasteiger partial charge in [0.2, 0.25) is 0 Å². The Labute approximate surface area is 189 Å². The predicted molar refractivity (Wildman–Crippen MR) is 120 cm³/mol. The number of aliphatic hydroxyl groups excluding tert-OH is 1. The van der Waals surface area contributed by atoms with E-state index < -0.39 is 23.5 Å². The number of ketones is 1. The summed E-state index contributed by atoms with van der Waals surface area (Å²) in [6, 6.07) is 17.6. The van der Waals surface area contributed by atoms with Crippen molar-refractivity contribution in [3.8, 4) is 5.75 Å². The van der Waals surface area contributed by atoms with Crippen LogP contribution >= 0.6 is 11.6 Å². The fourth-order valence-corrected chi connectivity index (χ4v) is 3.90. The maximum absolute atomic E-state index is 13.4. The highest BCUT2D eigenvalue weighted by molar-refractivity contribution is 6.51. The molecule has 3 aromatic rings. The number of ether oxygens (including phenoxy) is 1. The first-order valence-corrected chi connectivity index (χ1v) is 10.3. The molecule has 1 saturated heterocycles. The molecular formula is C25H19ClFNO4. The molecule has 1 atom stereocenters. The highest BCUT2D eigenvalue weighted by Crippen LogP contribution is 2.42. The summed E-state index contributed by atoms with van der Waals surface area (Å²) in [6.45, 7) is 2.36. The number of aliphatic hydroxyl groups is 1. The predicted octanol–water partition coefficient (Wildman–Crippen LogP) is 5.50. The van der Waals surface area contributed by atoms with Crippen LogP contribution in [-0.4, -0.2) is 23.4 Å². The Kier molecular flexibility index (Phi) is 5.97. The zero-order chi connectivity index (χ0) is 22.8. The SMILES string of the molecule is CCOc1ccc(C2/C(=C(\O)c3ccc(F)cc3)C(=O)C(=O)N2c2cccc(Cl)c2)cc1. The lowest BCUT2D eigenvalue weighted by Gasteiger charge is -2.25. The van der Waals surface area contributed by atoms with Crippen LogP contribution < -0.4 is 9.64 Å². The van der Waals surface area contributed by atoms with E-state index in [2.05, 4.69) is 0 Å². The van der Waals surface area contributed by atoms with E-state index in [1.165, 1.54) is 29.2 Å². The van der Waals surface area contributed by atoms with Gasteiger partial charge >= 0.3 is 0 Å². The van der Waals surface area contributed by atoms with Gasteiger partial charge in [0.15, 0.2) is 0 Å². The minimum Gasteiger partial charge on any atom is -0.507 e.